The third kappa shape index (κ3) is 1.46. The summed E-state index contributed by atoms with van der Waals surface area (Å²) >= 11 is 3.34. The Hall–Kier alpha value is -0.0900. The van der Waals surface area contributed by atoms with Crippen molar-refractivity contribution in [3.8, 4) is 0 Å². The molecule has 2 N–H and O–H groups in total. The lowest BCUT2D eigenvalue weighted by molar-refractivity contribution is -0.171. The molecule has 4 saturated carbocycles. The molecule has 4 aliphatic rings. The Bertz CT molecular complexity index is 327. The van der Waals surface area contributed by atoms with Gasteiger partial charge >= 0.3 is 5.97 Å². The summed E-state index contributed by atoms with van der Waals surface area (Å²) in [5, 5.41) is 19.7. The molecule has 0 spiro atoms. The minimum absolute atomic E-state index is 0.190. The zero-order valence-corrected chi connectivity index (χ0v) is 10.7. The summed E-state index contributed by atoms with van der Waals surface area (Å²) in [7, 11) is 0. The number of hydrogen-bond donors (Lipinski definition) is 2. The number of hydrogen-bond acceptors (Lipinski definition) is 2. The summed E-state index contributed by atoms with van der Waals surface area (Å²) in [5.74, 6) is 0.321. The van der Waals surface area contributed by atoms with Crippen molar-refractivity contribution in [3.63, 3.8) is 0 Å². The van der Waals surface area contributed by atoms with Crippen LogP contribution in [0.2, 0.25) is 0 Å². The third-order valence-corrected chi connectivity index (χ3v) is 6.19. The molecule has 0 aromatic rings. The fourth-order valence-electron chi connectivity index (χ4n) is 4.84. The van der Waals surface area contributed by atoms with Gasteiger partial charge in [0.25, 0.3) is 0 Å². The Morgan fingerprint density at radius 2 is 1.81 bits per heavy atom. The van der Waals surface area contributed by atoms with Gasteiger partial charge in [-0.2, -0.15) is 0 Å². The van der Waals surface area contributed by atoms with Crippen LogP contribution in [-0.2, 0) is 4.79 Å². The molecule has 0 heterocycles. The molecule has 0 aliphatic heterocycles. The predicted octanol–water partition coefficient (Wildman–Crippen LogP) is 2.17. The fourth-order valence-corrected chi connectivity index (χ4v) is 5.38. The van der Waals surface area contributed by atoms with Gasteiger partial charge in [0.2, 0.25) is 0 Å². The highest BCUT2D eigenvalue weighted by Crippen LogP contribution is 2.63. The van der Waals surface area contributed by atoms with Crippen molar-refractivity contribution in [2.45, 2.75) is 49.0 Å². The first-order chi connectivity index (χ1) is 7.42. The van der Waals surface area contributed by atoms with Crippen molar-refractivity contribution in [1.82, 2.24) is 0 Å². The minimum atomic E-state index is -0.773. The minimum Gasteiger partial charge on any atom is -0.480 e. The van der Waals surface area contributed by atoms with Gasteiger partial charge in [-0.1, -0.05) is 15.9 Å². The fraction of sp³-hybridized carbons (Fsp3) is 0.917. The summed E-state index contributed by atoms with van der Waals surface area (Å²) in [5.41, 5.74) is -0.754. The molecule has 0 saturated heterocycles. The van der Waals surface area contributed by atoms with E-state index in [0.717, 1.165) is 25.7 Å². The normalized spacial score (nSPS) is 51.6. The molecule has 16 heavy (non-hydrogen) atoms. The van der Waals surface area contributed by atoms with Crippen molar-refractivity contribution >= 4 is 21.9 Å². The van der Waals surface area contributed by atoms with Crippen LogP contribution in [0.5, 0.6) is 0 Å². The smallest absolute Gasteiger partial charge is 0.317 e. The van der Waals surface area contributed by atoms with Gasteiger partial charge in [0.1, 0.15) is 4.83 Å². The third-order valence-electron chi connectivity index (χ3n) is 4.83. The summed E-state index contributed by atoms with van der Waals surface area (Å²) in [6.45, 7) is 0. The van der Waals surface area contributed by atoms with Crippen molar-refractivity contribution in [3.05, 3.63) is 0 Å². The Kier molecular flexibility index (Phi) is 2.22. The molecule has 4 heteroatoms. The van der Waals surface area contributed by atoms with E-state index >= 15 is 0 Å². The quantitative estimate of drug-likeness (QED) is 0.766. The first kappa shape index (κ1) is 11.0. The van der Waals surface area contributed by atoms with Gasteiger partial charge < -0.3 is 10.2 Å². The molecule has 90 valence electrons. The molecular weight excluding hydrogens is 272 g/mol. The largest absolute Gasteiger partial charge is 0.480 e. The maximum atomic E-state index is 11.2. The summed E-state index contributed by atoms with van der Waals surface area (Å²) in [6.07, 6.45) is 5.62. The van der Waals surface area contributed by atoms with Crippen LogP contribution in [0.4, 0.5) is 0 Å². The number of rotatable bonds is 2. The zero-order chi connectivity index (χ0) is 11.6. The number of alkyl halides is 1. The Balaban J connectivity index is 1.94. The maximum absolute atomic E-state index is 11.2. The van der Waals surface area contributed by atoms with Crippen LogP contribution in [0.15, 0.2) is 0 Å². The lowest BCUT2D eigenvalue weighted by atomic mass is 9.47. The van der Waals surface area contributed by atoms with E-state index in [0.29, 0.717) is 18.3 Å². The van der Waals surface area contributed by atoms with E-state index in [1.54, 1.807) is 0 Å². The highest BCUT2D eigenvalue weighted by molar-refractivity contribution is 9.10. The Morgan fingerprint density at radius 3 is 2.25 bits per heavy atom. The second kappa shape index (κ2) is 3.22. The molecule has 0 radical (unpaired) electrons. The summed E-state index contributed by atoms with van der Waals surface area (Å²) in [6, 6.07) is 0. The number of carbonyl (C=O) groups is 1. The van der Waals surface area contributed by atoms with E-state index in [2.05, 4.69) is 15.9 Å². The Morgan fingerprint density at radius 1 is 1.25 bits per heavy atom. The average molecular weight is 289 g/mol. The first-order valence-electron chi connectivity index (χ1n) is 6.02. The molecule has 4 aliphatic carbocycles. The standard InChI is InChI=1S/C12H17BrO3/c13-9(10(14)15)11-2-7-1-8(3-11)5-12(16,4-7)6-11/h7-9,16H,1-6H2,(H,14,15)/t7-,8-,9-,11?,12?/m1/s1. The molecule has 0 amide bonds. The highest BCUT2D eigenvalue weighted by atomic mass is 79.9. The van der Waals surface area contributed by atoms with Crippen molar-refractivity contribution in [2.75, 3.05) is 0 Å². The number of aliphatic carboxylic acids is 1. The molecule has 3 atom stereocenters. The molecule has 3 nitrogen and oxygen atoms in total. The number of halogens is 1. The number of carboxylic acids is 1. The molecule has 0 aromatic heterocycles. The SMILES string of the molecule is O=C(O)[C@@H](Br)C12C[C@H]3C[C@@H](CC(O)(C3)C1)C2. The lowest BCUT2D eigenvalue weighted by Gasteiger charge is -2.61. The van der Waals surface area contributed by atoms with Crippen molar-refractivity contribution < 1.29 is 15.0 Å². The van der Waals surface area contributed by atoms with Crippen molar-refractivity contribution in [2.24, 2.45) is 17.3 Å². The number of aliphatic hydroxyl groups is 1. The molecule has 4 fully saturated rings. The van der Waals surface area contributed by atoms with E-state index in [1.165, 1.54) is 6.42 Å². The van der Waals surface area contributed by atoms with Crippen LogP contribution in [0.1, 0.15) is 38.5 Å². The van der Waals surface area contributed by atoms with Crippen LogP contribution < -0.4 is 0 Å². The monoisotopic (exact) mass is 288 g/mol. The highest BCUT2D eigenvalue weighted by Gasteiger charge is 2.60. The first-order valence-corrected chi connectivity index (χ1v) is 6.93. The summed E-state index contributed by atoms with van der Waals surface area (Å²) in [4.78, 5) is 10.7. The van der Waals surface area contributed by atoms with Crippen LogP contribution in [-0.4, -0.2) is 26.6 Å². The maximum Gasteiger partial charge on any atom is 0.317 e. The Labute approximate surface area is 103 Å². The van der Waals surface area contributed by atoms with Gasteiger partial charge in [-0.15, -0.1) is 0 Å². The second-order valence-corrected chi connectivity index (χ2v) is 7.16. The van der Waals surface area contributed by atoms with E-state index in [-0.39, 0.29) is 5.41 Å². The zero-order valence-electron chi connectivity index (χ0n) is 9.16. The van der Waals surface area contributed by atoms with Crippen LogP contribution in [0, 0.1) is 17.3 Å². The van der Waals surface area contributed by atoms with Crippen LogP contribution in [0.3, 0.4) is 0 Å². The topological polar surface area (TPSA) is 57.5 Å². The van der Waals surface area contributed by atoms with E-state index in [4.69, 9.17) is 0 Å². The van der Waals surface area contributed by atoms with Crippen LogP contribution in [0.25, 0.3) is 0 Å². The van der Waals surface area contributed by atoms with Gasteiger partial charge in [-0.25, -0.2) is 0 Å². The van der Waals surface area contributed by atoms with E-state index < -0.39 is 16.4 Å². The average Bonchev–Trinajstić information content (AvgIpc) is 2.12. The van der Waals surface area contributed by atoms with Gasteiger partial charge in [-0.05, 0) is 55.8 Å². The van der Waals surface area contributed by atoms with Gasteiger partial charge in [-0.3, -0.25) is 4.79 Å². The molecule has 4 rings (SSSR count). The predicted molar refractivity (Wildman–Crippen MR) is 62.4 cm³/mol. The summed E-state index contributed by atoms with van der Waals surface area (Å²) < 4.78 is 0. The van der Waals surface area contributed by atoms with E-state index in [9.17, 15) is 15.0 Å². The van der Waals surface area contributed by atoms with Gasteiger partial charge in [0.15, 0.2) is 0 Å². The van der Waals surface area contributed by atoms with Gasteiger partial charge in [0, 0.05) is 0 Å². The molecule has 0 unspecified atom stereocenters. The second-order valence-electron chi connectivity index (χ2n) is 6.25. The molecule has 0 aromatic carbocycles. The van der Waals surface area contributed by atoms with Gasteiger partial charge in [0.05, 0.1) is 5.60 Å². The molecule has 4 bridgehead atoms. The van der Waals surface area contributed by atoms with Crippen molar-refractivity contribution in [1.29, 1.82) is 0 Å². The van der Waals surface area contributed by atoms with Crippen LogP contribution >= 0.6 is 15.9 Å². The molecular formula is C12H17BrO3. The lowest BCUT2D eigenvalue weighted by Crippen LogP contribution is -2.59. The van der Waals surface area contributed by atoms with E-state index in [1.807, 2.05) is 0 Å². The number of carboxylic acid groups (broad SMARTS) is 1.